The molecule has 3 rings (SSSR count). The maximum atomic E-state index is 12.8. The van der Waals surface area contributed by atoms with Crippen molar-refractivity contribution >= 4 is 23.5 Å². The monoisotopic (exact) mass is 554 g/mol. The van der Waals surface area contributed by atoms with Crippen molar-refractivity contribution in [3.05, 3.63) is 59.7 Å². The third-order valence-corrected chi connectivity index (χ3v) is 7.45. The molecule has 0 aromatic heterocycles. The van der Waals surface area contributed by atoms with Gasteiger partial charge in [-0.3, -0.25) is 14.5 Å². The second-order valence-electron chi connectivity index (χ2n) is 10.7. The largest absolute Gasteiger partial charge is 0.507 e. The average Bonchev–Trinajstić information content (AvgIpc) is 2.96. The third-order valence-electron chi connectivity index (χ3n) is 7.45. The van der Waals surface area contributed by atoms with Gasteiger partial charge in [0.05, 0.1) is 20.6 Å². The normalized spacial score (nSPS) is 14.7. The highest BCUT2D eigenvalue weighted by Gasteiger charge is 2.49. The van der Waals surface area contributed by atoms with Gasteiger partial charge < -0.3 is 19.5 Å². The lowest BCUT2D eigenvalue weighted by Crippen LogP contribution is -2.62. The van der Waals surface area contributed by atoms with Crippen LogP contribution in [0.5, 0.6) is 5.75 Å². The molecule has 2 aromatic carbocycles. The fourth-order valence-corrected chi connectivity index (χ4v) is 5.08. The van der Waals surface area contributed by atoms with E-state index in [-0.39, 0.29) is 11.9 Å². The predicted octanol–water partition coefficient (Wildman–Crippen LogP) is 5.64. The number of hydrogen-bond donors (Lipinski definition) is 1. The Bertz CT molecular complexity index is 1080. The summed E-state index contributed by atoms with van der Waals surface area (Å²) in [4.78, 5) is 40.7. The molecule has 1 aliphatic rings. The molecule has 40 heavy (non-hydrogen) atoms. The Hall–Kier alpha value is -3.39. The molecule has 1 N–H and O–H groups in total. The molecule has 1 fully saturated rings. The van der Waals surface area contributed by atoms with Crippen LogP contribution < -0.4 is 4.90 Å². The van der Waals surface area contributed by atoms with Crippen LogP contribution in [0, 0.1) is 0 Å². The molecule has 1 aliphatic heterocycles. The zero-order valence-corrected chi connectivity index (χ0v) is 25.1. The zero-order chi connectivity index (χ0) is 29.9. The predicted molar refractivity (Wildman–Crippen MR) is 158 cm³/mol. The van der Waals surface area contributed by atoms with Gasteiger partial charge >= 0.3 is 11.9 Å². The molecule has 220 valence electrons. The van der Waals surface area contributed by atoms with Crippen LogP contribution in [0.4, 0.5) is 5.69 Å². The minimum atomic E-state index is -1.04. The highest BCUT2D eigenvalue weighted by atomic mass is 16.5. The van der Waals surface area contributed by atoms with Gasteiger partial charge in [-0.25, -0.2) is 4.79 Å². The molecule has 0 bridgehead atoms. The van der Waals surface area contributed by atoms with E-state index >= 15 is 0 Å². The fraction of sp³-hybridized carbons (Fsp3) is 0.531. The second kappa shape index (κ2) is 15.4. The molecule has 8 heteroatoms. The summed E-state index contributed by atoms with van der Waals surface area (Å²) in [5, 5.41) is 9.93. The number of benzene rings is 2. The summed E-state index contributed by atoms with van der Waals surface area (Å²) in [5.41, 5.74) is 1.75. The lowest BCUT2D eigenvalue weighted by atomic mass is 9.84. The standard InChI is InChI=1S/C20H28N2O5.C12H18O/c1-4-17(23)22(16-8-6-5-7-9-16)20(19(25)27-3)11-14-21(15-12-20)13-10-18(24)26-2;1-8(2)10-6-5-7-11(9(3)4)12(10)13/h5-9H,4,10-15H2,1-3H3;5-9,13H,1-4H3. The molecule has 1 heterocycles. The number of aromatic hydroxyl groups is 1. The summed E-state index contributed by atoms with van der Waals surface area (Å²) in [5.74, 6) is 0.479. The van der Waals surface area contributed by atoms with Crippen molar-refractivity contribution in [3.63, 3.8) is 0 Å². The quantitative estimate of drug-likeness (QED) is 0.401. The smallest absolute Gasteiger partial charge is 0.332 e. The molecule has 0 aliphatic carbocycles. The number of anilines is 1. The molecule has 0 unspecified atom stereocenters. The third kappa shape index (κ3) is 8.07. The first kappa shape index (κ1) is 32.8. The summed E-state index contributed by atoms with van der Waals surface area (Å²) >= 11 is 0. The molecule has 0 spiro atoms. The van der Waals surface area contributed by atoms with Gasteiger partial charge in [0.25, 0.3) is 0 Å². The molecule has 1 saturated heterocycles. The lowest BCUT2D eigenvalue weighted by Gasteiger charge is -2.46. The molecule has 0 radical (unpaired) electrons. The number of esters is 2. The Morgan fingerprint density at radius 3 is 1.90 bits per heavy atom. The van der Waals surface area contributed by atoms with Crippen molar-refractivity contribution in [3.8, 4) is 5.75 Å². The van der Waals surface area contributed by atoms with Crippen LogP contribution in [0.15, 0.2) is 48.5 Å². The first-order chi connectivity index (χ1) is 19.0. The van der Waals surface area contributed by atoms with Crippen LogP contribution in [-0.2, 0) is 23.9 Å². The van der Waals surface area contributed by atoms with Crippen molar-refractivity contribution < 1.29 is 29.0 Å². The van der Waals surface area contributed by atoms with Crippen molar-refractivity contribution in [2.75, 3.05) is 38.8 Å². The Kier molecular flexibility index (Phi) is 12.6. The van der Waals surface area contributed by atoms with E-state index in [2.05, 4.69) is 37.3 Å². The molecule has 1 amide bonds. The highest BCUT2D eigenvalue weighted by Crippen LogP contribution is 2.36. The summed E-state index contributed by atoms with van der Waals surface area (Å²) in [7, 11) is 2.72. The summed E-state index contributed by atoms with van der Waals surface area (Å²) in [6.07, 6.45) is 1.49. The topological polar surface area (TPSA) is 96.4 Å². The van der Waals surface area contributed by atoms with Gasteiger partial charge in [-0.2, -0.15) is 0 Å². The maximum Gasteiger partial charge on any atom is 0.332 e. The first-order valence-electron chi connectivity index (χ1n) is 14.1. The molecule has 0 saturated carbocycles. The van der Waals surface area contributed by atoms with E-state index in [1.165, 1.54) is 14.2 Å². The van der Waals surface area contributed by atoms with Gasteiger partial charge in [-0.15, -0.1) is 0 Å². The summed E-state index contributed by atoms with van der Waals surface area (Å²) in [6, 6.07) is 15.2. The number of carbonyl (C=O) groups excluding carboxylic acids is 3. The first-order valence-corrected chi connectivity index (χ1v) is 14.1. The number of hydrogen-bond acceptors (Lipinski definition) is 7. The van der Waals surface area contributed by atoms with Crippen LogP contribution in [0.2, 0.25) is 0 Å². The molecular weight excluding hydrogens is 508 g/mol. The van der Waals surface area contributed by atoms with Crippen LogP contribution in [0.1, 0.15) is 83.3 Å². The van der Waals surface area contributed by atoms with Gasteiger partial charge in [0.1, 0.15) is 11.3 Å². The van der Waals surface area contributed by atoms with Gasteiger partial charge in [-0.05, 0) is 47.9 Å². The summed E-state index contributed by atoms with van der Waals surface area (Å²) in [6.45, 7) is 11.9. The number of methoxy groups -OCH3 is 2. The van der Waals surface area contributed by atoms with Crippen molar-refractivity contribution in [2.24, 2.45) is 0 Å². The van der Waals surface area contributed by atoms with E-state index in [9.17, 15) is 19.5 Å². The summed E-state index contributed by atoms with van der Waals surface area (Å²) < 4.78 is 9.80. The molecule has 8 nitrogen and oxygen atoms in total. The number of nitrogens with zero attached hydrogens (tertiary/aromatic N) is 2. The van der Waals surface area contributed by atoms with Crippen LogP contribution >= 0.6 is 0 Å². The number of phenols is 1. The van der Waals surface area contributed by atoms with Crippen LogP contribution in [-0.4, -0.2) is 67.2 Å². The van der Waals surface area contributed by atoms with Crippen LogP contribution in [0.3, 0.4) is 0 Å². The fourth-order valence-electron chi connectivity index (χ4n) is 5.08. The van der Waals surface area contributed by atoms with E-state index in [0.717, 1.165) is 11.1 Å². The Morgan fingerprint density at radius 2 is 1.45 bits per heavy atom. The highest BCUT2D eigenvalue weighted by molar-refractivity contribution is 6.02. The number of ether oxygens (including phenoxy) is 2. The maximum absolute atomic E-state index is 12.8. The lowest BCUT2D eigenvalue weighted by molar-refractivity contribution is -0.151. The second-order valence-corrected chi connectivity index (χ2v) is 10.7. The van der Waals surface area contributed by atoms with Gasteiger partial charge in [0.15, 0.2) is 0 Å². The SMILES string of the molecule is CC(C)c1cccc(C(C)C)c1O.CCC(=O)N(c1ccccc1)C1(C(=O)OC)CCN(CCC(=O)OC)CC1. The molecule has 2 aromatic rings. The van der Waals surface area contributed by atoms with E-state index in [4.69, 9.17) is 4.74 Å². The number of rotatable bonds is 9. The van der Waals surface area contributed by atoms with E-state index in [1.54, 1.807) is 11.8 Å². The Balaban J connectivity index is 0.000000360. The minimum Gasteiger partial charge on any atom is -0.507 e. The Labute approximate surface area is 239 Å². The Morgan fingerprint density at radius 1 is 0.900 bits per heavy atom. The average molecular weight is 555 g/mol. The number of carbonyl (C=O) groups is 3. The van der Waals surface area contributed by atoms with Gasteiger partial charge in [0, 0.05) is 31.7 Å². The zero-order valence-electron chi connectivity index (χ0n) is 25.1. The van der Waals surface area contributed by atoms with E-state index in [0.29, 0.717) is 68.6 Å². The van der Waals surface area contributed by atoms with Crippen molar-refractivity contribution in [1.29, 1.82) is 0 Å². The number of likely N-dealkylation sites (tertiary alicyclic amines) is 1. The van der Waals surface area contributed by atoms with Crippen LogP contribution in [0.25, 0.3) is 0 Å². The minimum absolute atomic E-state index is 0.116. The van der Waals surface area contributed by atoms with Gasteiger partial charge in [0.2, 0.25) is 5.91 Å². The number of piperidine rings is 1. The van der Waals surface area contributed by atoms with Crippen molar-refractivity contribution in [2.45, 2.75) is 77.7 Å². The molecule has 0 atom stereocenters. The number of para-hydroxylation sites is 2. The van der Waals surface area contributed by atoms with Crippen molar-refractivity contribution in [1.82, 2.24) is 4.90 Å². The molecular formula is C32H46N2O6. The van der Waals surface area contributed by atoms with Gasteiger partial charge in [-0.1, -0.05) is 71.0 Å². The van der Waals surface area contributed by atoms with E-state index < -0.39 is 11.5 Å². The van der Waals surface area contributed by atoms with E-state index in [1.807, 2.05) is 48.5 Å². The number of phenolic OH excluding ortho intramolecular Hbond substituents is 1. The number of amides is 1.